The summed E-state index contributed by atoms with van der Waals surface area (Å²) in [6.07, 6.45) is -0.674. The van der Waals surface area contributed by atoms with E-state index < -0.39 is 38.2 Å². The maximum absolute atomic E-state index is 7.89. The third-order valence-corrected chi connectivity index (χ3v) is 2.54. The summed E-state index contributed by atoms with van der Waals surface area (Å²) in [5.41, 5.74) is 0. The summed E-state index contributed by atoms with van der Waals surface area (Å²) in [6.45, 7) is -12.8. The first kappa shape index (κ1) is 3.88. The van der Waals surface area contributed by atoms with Crippen molar-refractivity contribution in [2.24, 2.45) is 0 Å². The SMILES string of the molecule is [2H]c1nc(Cl)c(Br)c(N2C([2H])([2H])C([2H])([2H])OC([2H])([2H])C2([2H])[2H])n1. The van der Waals surface area contributed by atoms with Gasteiger partial charge in [0.05, 0.1) is 28.6 Å². The molecule has 14 heavy (non-hydrogen) atoms. The van der Waals surface area contributed by atoms with Crippen LogP contribution in [-0.4, -0.2) is 36.1 Å². The summed E-state index contributed by atoms with van der Waals surface area (Å²) in [5, 5.41) is -0.334. The van der Waals surface area contributed by atoms with E-state index in [1.165, 1.54) is 0 Å². The Morgan fingerprint density at radius 2 is 2.29 bits per heavy atom. The summed E-state index contributed by atoms with van der Waals surface area (Å²) >= 11 is 8.69. The van der Waals surface area contributed by atoms with Crippen molar-refractivity contribution in [2.75, 3.05) is 31.0 Å². The van der Waals surface area contributed by atoms with Gasteiger partial charge in [-0.1, -0.05) is 11.6 Å². The van der Waals surface area contributed by atoms with E-state index in [2.05, 4.69) is 30.6 Å². The molecular formula is C8H9BrClN3O. The van der Waals surface area contributed by atoms with Crippen molar-refractivity contribution in [3.63, 3.8) is 0 Å². The molecule has 0 aliphatic carbocycles. The third kappa shape index (κ3) is 1.99. The lowest BCUT2D eigenvalue weighted by molar-refractivity contribution is 0.122. The predicted molar refractivity (Wildman–Crippen MR) is 57.8 cm³/mol. The van der Waals surface area contributed by atoms with E-state index in [1.54, 1.807) is 0 Å². The Morgan fingerprint density at radius 1 is 1.57 bits per heavy atom. The fourth-order valence-corrected chi connectivity index (χ4v) is 1.23. The highest BCUT2D eigenvalue weighted by Crippen LogP contribution is 2.29. The van der Waals surface area contributed by atoms with Crippen LogP contribution in [0, 0.1) is 0 Å². The van der Waals surface area contributed by atoms with Crippen molar-refractivity contribution in [3.05, 3.63) is 15.9 Å². The Morgan fingerprint density at radius 3 is 3.00 bits per heavy atom. The van der Waals surface area contributed by atoms with Crippen molar-refractivity contribution in [1.29, 1.82) is 0 Å². The highest BCUT2D eigenvalue weighted by Gasteiger charge is 2.16. The van der Waals surface area contributed by atoms with Gasteiger partial charge >= 0.3 is 0 Å². The van der Waals surface area contributed by atoms with Gasteiger partial charge in [-0.05, 0) is 15.9 Å². The zero-order valence-electron chi connectivity index (χ0n) is 15.5. The van der Waals surface area contributed by atoms with Gasteiger partial charge in [0.15, 0.2) is 0 Å². The van der Waals surface area contributed by atoms with Gasteiger partial charge < -0.3 is 9.64 Å². The molecule has 0 unspecified atom stereocenters. The zero-order chi connectivity index (χ0) is 18.0. The molecule has 0 atom stereocenters. The molecule has 1 aromatic rings. The molecule has 4 nitrogen and oxygen atoms in total. The fraction of sp³-hybridized carbons (Fsp3) is 0.500. The molecular weight excluding hydrogens is 269 g/mol. The van der Waals surface area contributed by atoms with Crippen LogP contribution in [0.25, 0.3) is 0 Å². The standard InChI is InChI=1S/C8H9BrClN3O/c9-6-7(10)11-5-12-8(6)13-1-3-14-4-2-13/h5H,1-4H2/i1D2,2D2,3D2,4D2,5D. The fourth-order valence-electron chi connectivity index (χ4n) is 0.751. The number of rotatable bonds is 1. The number of anilines is 1. The molecule has 0 amide bonds. The van der Waals surface area contributed by atoms with E-state index >= 15 is 0 Å². The molecule has 2 rings (SSSR count). The van der Waals surface area contributed by atoms with E-state index in [4.69, 9.17) is 23.9 Å². The molecule has 0 N–H and O–H groups in total. The Bertz CT molecular complexity index is 632. The first-order chi connectivity index (χ1) is 10.1. The molecule has 1 saturated heterocycles. The van der Waals surface area contributed by atoms with Crippen molar-refractivity contribution >= 4 is 33.3 Å². The average molecular weight is 288 g/mol. The van der Waals surface area contributed by atoms with Crippen LogP contribution in [0.1, 0.15) is 12.3 Å². The van der Waals surface area contributed by atoms with Crippen LogP contribution in [0.2, 0.25) is 5.15 Å². The highest BCUT2D eigenvalue weighted by atomic mass is 79.9. The smallest absolute Gasteiger partial charge is 0.148 e. The Hall–Kier alpha value is -0.390. The second-order valence-corrected chi connectivity index (χ2v) is 3.27. The summed E-state index contributed by atoms with van der Waals surface area (Å²) in [6, 6.07) is 0. The molecule has 1 aliphatic heterocycles. The lowest BCUT2D eigenvalue weighted by atomic mass is 10.4. The quantitative estimate of drug-likeness (QED) is 0.737. The van der Waals surface area contributed by atoms with Gasteiger partial charge in [0.1, 0.15) is 18.6 Å². The molecule has 0 saturated carbocycles. The predicted octanol–water partition coefficient (Wildman–Crippen LogP) is 1.73. The number of hydrogen-bond donors (Lipinski definition) is 0. The van der Waals surface area contributed by atoms with E-state index in [1.807, 2.05) is 0 Å². The van der Waals surface area contributed by atoms with Gasteiger partial charge in [-0.2, -0.15) is 0 Å². The minimum absolute atomic E-state index is 0.124. The minimum Gasteiger partial charge on any atom is -0.378 e. The topological polar surface area (TPSA) is 38.2 Å². The summed E-state index contributed by atoms with van der Waals surface area (Å²) in [4.78, 5) is 7.17. The van der Waals surface area contributed by atoms with E-state index in [0.717, 1.165) is 0 Å². The van der Waals surface area contributed by atoms with Gasteiger partial charge in [0.2, 0.25) is 0 Å². The first-order valence-corrected chi connectivity index (χ1v) is 4.52. The maximum atomic E-state index is 7.89. The van der Waals surface area contributed by atoms with Crippen LogP contribution in [0.4, 0.5) is 5.82 Å². The number of halogens is 2. The van der Waals surface area contributed by atoms with Crippen molar-refractivity contribution in [2.45, 2.75) is 0 Å². The van der Waals surface area contributed by atoms with Gasteiger partial charge in [0.25, 0.3) is 0 Å². The Balaban J connectivity index is 2.80. The monoisotopic (exact) mass is 286 g/mol. The Labute approximate surface area is 108 Å². The van der Waals surface area contributed by atoms with Crippen molar-refractivity contribution in [3.8, 4) is 0 Å². The average Bonchev–Trinajstić information content (AvgIpc) is 2.31. The van der Waals surface area contributed by atoms with E-state index in [-0.39, 0.29) is 14.5 Å². The molecule has 0 aromatic carbocycles. The first-order valence-electron chi connectivity index (χ1n) is 7.85. The Kier molecular flexibility index (Phi) is 1.23. The largest absolute Gasteiger partial charge is 0.378 e. The molecule has 1 aromatic heterocycles. The molecule has 0 bridgehead atoms. The number of nitrogens with zero attached hydrogens (tertiary/aromatic N) is 3. The summed E-state index contributed by atoms with van der Waals surface area (Å²) < 4.78 is 73.6. The number of aromatic nitrogens is 2. The van der Waals surface area contributed by atoms with Gasteiger partial charge in [-0.3, -0.25) is 0 Å². The van der Waals surface area contributed by atoms with Crippen LogP contribution in [0.3, 0.4) is 0 Å². The number of hydrogen-bond acceptors (Lipinski definition) is 4. The lowest BCUT2D eigenvalue weighted by Gasteiger charge is -2.28. The molecule has 0 radical (unpaired) electrons. The van der Waals surface area contributed by atoms with Crippen LogP contribution in [-0.2, 0) is 4.74 Å². The number of ether oxygens (including phenoxy) is 1. The molecule has 76 valence electrons. The maximum Gasteiger partial charge on any atom is 0.148 e. The normalized spacial score (nSPS) is 41.0. The summed E-state index contributed by atoms with van der Waals surface area (Å²) in [7, 11) is 0. The number of morpholine rings is 1. The van der Waals surface area contributed by atoms with Gasteiger partial charge in [-0.15, -0.1) is 0 Å². The van der Waals surface area contributed by atoms with Crippen LogP contribution < -0.4 is 4.90 Å². The molecule has 6 heteroatoms. The molecule has 1 aliphatic rings. The highest BCUT2D eigenvalue weighted by molar-refractivity contribution is 9.10. The second kappa shape index (κ2) is 4.42. The van der Waals surface area contributed by atoms with Crippen LogP contribution >= 0.6 is 27.5 Å². The van der Waals surface area contributed by atoms with Gasteiger partial charge in [-0.25, -0.2) is 9.97 Å². The lowest BCUT2D eigenvalue weighted by Crippen LogP contribution is -2.37. The minimum atomic E-state index is -3.22. The zero-order valence-corrected chi connectivity index (χ0v) is 8.85. The van der Waals surface area contributed by atoms with Crippen LogP contribution in [0.5, 0.6) is 0 Å². The van der Waals surface area contributed by atoms with Gasteiger partial charge in [0, 0.05) is 13.0 Å². The molecule has 1 fully saturated rings. The molecule has 2 heterocycles. The molecule has 0 spiro atoms. The van der Waals surface area contributed by atoms with Crippen LogP contribution in [0.15, 0.2) is 10.8 Å². The van der Waals surface area contributed by atoms with E-state index in [9.17, 15) is 0 Å². The third-order valence-electron chi connectivity index (χ3n) is 1.31. The van der Waals surface area contributed by atoms with E-state index in [0.29, 0.717) is 0 Å². The summed E-state index contributed by atoms with van der Waals surface area (Å²) in [5.74, 6) is -0.610. The van der Waals surface area contributed by atoms with Crippen molar-refractivity contribution < 1.29 is 17.1 Å². The second-order valence-electron chi connectivity index (χ2n) is 2.12. The van der Waals surface area contributed by atoms with Crippen molar-refractivity contribution in [1.82, 2.24) is 9.97 Å².